The van der Waals surface area contributed by atoms with Crippen molar-refractivity contribution < 1.29 is 9.47 Å². The third-order valence-corrected chi connectivity index (χ3v) is 4.68. The van der Waals surface area contributed by atoms with E-state index in [-0.39, 0.29) is 0 Å². The third-order valence-electron chi connectivity index (χ3n) is 3.94. The molecule has 4 rings (SSSR count). The Hall–Kier alpha value is -2.69. The first kappa shape index (κ1) is 16.8. The molecule has 130 valence electrons. The first-order valence-electron chi connectivity index (χ1n) is 7.89. The summed E-state index contributed by atoms with van der Waals surface area (Å²) in [5, 5.41) is 0.914. The van der Waals surface area contributed by atoms with E-state index >= 15 is 0 Å². The van der Waals surface area contributed by atoms with Gasteiger partial charge in [-0.1, -0.05) is 29.3 Å². The van der Waals surface area contributed by atoms with Crippen LogP contribution >= 0.6 is 23.2 Å². The van der Waals surface area contributed by atoms with Gasteiger partial charge in [0, 0.05) is 24.0 Å². The third kappa shape index (κ3) is 3.21. The maximum Gasteiger partial charge on any atom is 0.169 e. The fourth-order valence-electron chi connectivity index (χ4n) is 2.65. The number of hydrogen-bond acceptors (Lipinski definition) is 3. The number of pyridine rings is 1. The number of rotatable bonds is 4. The van der Waals surface area contributed by atoms with Gasteiger partial charge in [0.05, 0.1) is 22.8 Å². The Kier molecular flexibility index (Phi) is 4.45. The number of halogens is 2. The SMILES string of the molecule is COc1cc(-c2cn3ccccc3n2)ccc1Oc1ccc(Cl)c(Cl)c1. The molecule has 0 spiro atoms. The molecular formula is C20H14Cl2N2O2. The van der Waals surface area contributed by atoms with Crippen LogP contribution in [0.4, 0.5) is 0 Å². The second-order valence-electron chi connectivity index (χ2n) is 5.64. The highest BCUT2D eigenvalue weighted by Crippen LogP contribution is 2.36. The molecule has 6 heteroatoms. The molecular weight excluding hydrogens is 371 g/mol. The van der Waals surface area contributed by atoms with Crippen molar-refractivity contribution in [1.82, 2.24) is 9.38 Å². The summed E-state index contributed by atoms with van der Waals surface area (Å²) in [6.07, 6.45) is 3.94. The van der Waals surface area contributed by atoms with Crippen molar-refractivity contribution >= 4 is 28.8 Å². The Bertz CT molecular complexity index is 1060. The number of nitrogens with zero attached hydrogens (tertiary/aromatic N) is 2. The van der Waals surface area contributed by atoms with Crippen LogP contribution in [0.1, 0.15) is 0 Å². The van der Waals surface area contributed by atoms with Gasteiger partial charge in [-0.25, -0.2) is 4.98 Å². The molecule has 0 aliphatic heterocycles. The second kappa shape index (κ2) is 6.90. The van der Waals surface area contributed by atoms with Crippen molar-refractivity contribution in [1.29, 1.82) is 0 Å². The van der Waals surface area contributed by atoms with Gasteiger partial charge in [-0.2, -0.15) is 0 Å². The maximum atomic E-state index is 6.04. The van der Waals surface area contributed by atoms with E-state index in [1.165, 1.54) is 0 Å². The summed E-state index contributed by atoms with van der Waals surface area (Å²) in [6, 6.07) is 16.7. The van der Waals surface area contributed by atoms with E-state index < -0.39 is 0 Å². The summed E-state index contributed by atoms with van der Waals surface area (Å²) >= 11 is 12.0. The van der Waals surface area contributed by atoms with E-state index in [0.29, 0.717) is 27.3 Å². The predicted octanol–water partition coefficient (Wildman–Crippen LogP) is 6.11. The molecule has 0 saturated heterocycles. The standard InChI is InChI=1S/C20H14Cl2N2O2/c1-25-19-10-13(17-12-24-9-3-2-4-20(24)23-17)5-8-18(19)26-14-6-7-15(21)16(22)11-14/h2-12H,1H3. The highest BCUT2D eigenvalue weighted by molar-refractivity contribution is 6.42. The van der Waals surface area contributed by atoms with Gasteiger partial charge in [-0.3, -0.25) is 0 Å². The number of benzene rings is 2. The molecule has 0 aliphatic carbocycles. The first-order valence-corrected chi connectivity index (χ1v) is 8.65. The molecule has 2 aromatic heterocycles. The Balaban J connectivity index is 1.68. The number of fused-ring (bicyclic) bond motifs is 1. The van der Waals surface area contributed by atoms with Gasteiger partial charge in [0.1, 0.15) is 11.4 Å². The van der Waals surface area contributed by atoms with Crippen molar-refractivity contribution in [2.45, 2.75) is 0 Å². The molecule has 2 aromatic carbocycles. The molecule has 0 aliphatic rings. The average molecular weight is 385 g/mol. The van der Waals surface area contributed by atoms with Gasteiger partial charge in [-0.05, 0) is 42.5 Å². The fourth-order valence-corrected chi connectivity index (χ4v) is 2.94. The van der Waals surface area contributed by atoms with Crippen LogP contribution in [-0.4, -0.2) is 16.5 Å². The summed E-state index contributed by atoms with van der Waals surface area (Å²) in [4.78, 5) is 4.63. The monoisotopic (exact) mass is 384 g/mol. The maximum absolute atomic E-state index is 6.04. The van der Waals surface area contributed by atoms with Crippen molar-refractivity contribution in [3.8, 4) is 28.5 Å². The lowest BCUT2D eigenvalue weighted by atomic mass is 10.1. The molecule has 26 heavy (non-hydrogen) atoms. The summed E-state index contributed by atoms with van der Waals surface area (Å²) in [7, 11) is 1.60. The van der Waals surface area contributed by atoms with E-state index in [1.54, 1.807) is 25.3 Å². The number of ether oxygens (including phenoxy) is 2. The number of imidazole rings is 1. The molecule has 0 saturated carbocycles. The highest BCUT2D eigenvalue weighted by Gasteiger charge is 2.11. The molecule has 0 N–H and O–H groups in total. The summed E-state index contributed by atoms with van der Waals surface area (Å²) in [5.41, 5.74) is 2.68. The minimum Gasteiger partial charge on any atom is -0.493 e. The van der Waals surface area contributed by atoms with Gasteiger partial charge >= 0.3 is 0 Å². The van der Waals surface area contributed by atoms with E-state index in [1.807, 2.05) is 53.2 Å². The first-order chi connectivity index (χ1) is 12.6. The minimum absolute atomic E-state index is 0.435. The Morgan fingerprint density at radius 3 is 2.58 bits per heavy atom. The minimum atomic E-state index is 0.435. The summed E-state index contributed by atoms with van der Waals surface area (Å²) < 4.78 is 13.4. The number of hydrogen-bond donors (Lipinski definition) is 0. The van der Waals surface area contributed by atoms with Crippen molar-refractivity contribution in [3.05, 3.63) is 77.0 Å². The molecule has 4 aromatic rings. The van der Waals surface area contributed by atoms with Crippen LogP contribution in [0.25, 0.3) is 16.9 Å². The zero-order chi connectivity index (χ0) is 18.1. The second-order valence-corrected chi connectivity index (χ2v) is 6.45. The zero-order valence-corrected chi connectivity index (χ0v) is 15.3. The lowest BCUT2D eigenvalue weighted by Crippen LogP contribution is -1.91. The van der Waals surface area contributed by atoms with Gasteiger partial charge < -0.3 is 13.9 Å². The topological polar surface area (TPSA) is 35.8 Å². The van der Waals surface area contributed by atoms with Gasteiger partial charge in [-0.15, -0.1) is 0 Å². The lowest BCUT2D eigenvalue weighted by molar-refractivity contribution is 0.379. The van der Waals surface area contributed by atoms with Crippen LogP contribution in [0.3, 0.4) is 0 Å². The lowest BCUT2D eigenvalue weighted by Gasteiger charge is -2.12. The quantitative estimate of drug-likeness (QED) is 0.425. The van der Waals surface area contributed by atoms with E-state index in [2.05, 4.69) is 4.98 Å². The molecule has 0 fully saturated rings. The molecule has 2 heterocycles. The van der Waals surface area contributed by atoms with Gasteiger partial charge in [0.2, 0.25) is 0 Å². The summed E-state index contributed by atoms with van der Waals surface area (Å²) in [6.45, 7) is 0. The number of methoxy groups -OCH3 is 1. The molecule has 0 atom stereocenters. The zero-order valence-electron chi connectivity index (χ0n) is 13.8. The Morgan fingerprint density at radius 1 is 0.923 bits per heavy atom. The van der Waals surface area contributed by atoms with Crippen LogP contribution in [0, 0.1) is 0 Å². The van der Waals surface area contributed by atoms with Crippen molar-refractivity contribution in [3.63, 3.8) is 0 Å². The van der Waals surface area contributed by atoms with E-state index in [0.717, 1.165) is 16.9 Å². The predicted molar refractivity (Wildman–Crippen MR) is 104 cm³/mol. The average Bonchev–Trinajstić information content (AvgIpc) is 3.09. The molecule has 0 unspecified atom stereocenters. The van der Waals surface area contributed by atoms with Crippen molar-refractivity contribution in [2.24, 2.45) is 0 Å². The van der Waals surface area contributed by atoms with Crippen molar-refractivity contribution in [2.75, 3.05) is 7.11 Å². The smallest absolute Gasteiger partial charge is 0.169 e. The normalized spacial score (nSPS) is 10.9. The van der Waals surface area contributed by atoms with Crippen LogP contribution in [-0.2, 0) is 0 Å². The van der Waals surface area contributed by atoms with Gasteiger partial charge in [0.15, 0.2) is 11.5 Å². The highest BCUT2D eigenvalue weighted by atomic mass is 35.5. The summed E-state index contributed by atoms with van der Waals surface area (Å²) in [5.74, 6) is 1.77. The molecule has 0 bridgehead atoms. The van der Waals surface area contributed by atoms with Crippen LogP contribution in [0.5, 0.6) is 17.2 Å². The Morgan fingerprint density at radius 2 is 1.81 bits per heavy atom. The van der Waals surface area contributed by atoms with Crippen LogP contribution in [0.2, 0.25) is 10.0 Å². The van der Waals surface area contributed by atoms with Crippen LogP contribution in [0.15, 0.2) is 67.0 Å². The van der Waals surface area contributed by atoms with E-state index in [4.69, 9.17) is 32.7 Å². The molecule has 0 amide bonds. The largest absolute Gasteiger partial charge is 0.493 e. The number of aromatic nitrogens is 2. The fraction of sp³-hybridized carbons (Fsp3) is 0.0500. The molecule has 4 nitrogen and oxygen atoms in total. The molecule has 0 radical (unpaired) electrons. The van der Waals surface area contributed by atoms with E-state index in [9.17, 15) is 0 Å². The van der Waals surface area contributed by atoms with Crippen LogP contribution < -0.4 is 9.47 Å². The van der Waals surface area contributed by atoms with Gasteiger partial charge in [0.25, 0.3) is 0 Å². The Labute approximate surface area is 160 Å².